The van der Waals surface area contributed by atoms with Gasteiger partial charge in [-0.3, -0.25) is 0 Å². The Morgan fingerprint density at radius 1 is 1.16 bits per heavy atom. The molecule has 19 heavy (non-hydrogen) atoms. The minimum atomic E-state index is 0.681. The van der Waals surface area contributed by atoms with Crippen molar-refractivity contribution in [2.24, 2.45) is 0 Å². The van der Waals surface area contributed by atoms with Crippen LogP contribution in [0.4, 0.5) is 5.82 Å². The lowest BCUT2D eigenvalue weighted by molar-refractivity contribution is 0.190. The first-order chi connectivity index (χ1) is 9.21. The molecule has 0 saturated carbocycles. The number of methoxy groups -OCH3 is 2. The molecule has 1 aromatic rings. The fourth-order valence-electron chi connectivity index (χ4n) is 1.93. The zero-order chi connectivity index (χ0) is 14.1. The molecular formula is C14H25N3O2. The molecule has 0 saturated heterocycles. The predicted molar refractivity (Wildman–Crippen MR) is 77.7 cm³/mol. The van der Waals surface area contributed by atoms with Gasteiger partial charge in [-0.15, -0.1) is 0 Å². The van der Waals surface area contributed by atoms with Crippen LogP contribution in [0.15, 0.2) is 12.1 Å². The third kappa shape index (κ3) is 5.55. The molecule has 0 unspecified atom stereocenters. The Balaban J connectivity index is 2.85. The van der Waals surface area contributed by atoms with Gasteiger partial charge in [0, 0.05) is 39.5 Å². The van der Waals surface area contributed by atoms with Gasteiger partial charge < -0.3 is 19.7 Å². The Morgan fingerprint density at radius 3 is 2.32 bits per heavy atom. The number of hydrogen-bond acceptors (Lipinski definition) is 5. The summed E-state index contributed by atoms with van der Waals surface area (Å²) < 4.78 is 10.3. The summed E-state index contributed by atoms with van der Waals surface area (Å²) in [5.74, 6) is 0.986. The zero-order valence-electron chi connectivity index (χ0n) is 12.4. The van der Waals surface area contributed by atoms with E-state index in [0.717, 1.165) is 31.1 Å². The monoisotopic (exact) mass is 267 g/mol. The number of rotatable bonds is 9. The van der Waals surface area contributed by atoms with Crippen molar-refractivity contribution in [2.45, 2.75) is 13.5 Å². The average Bonchev–Trinajstić information content (AvgIpc) is 2.38. The highest BCUT2D eigenvalue weighted by Gasteiger charge is 2.09. The summed E-state index contributed by atoms with van der Waals surface area (Å²) in [5.41, 5.74) is 2.27. The second-order valence-corrected chi connectivity index (χ2v) is 4.48. The number of ether oxygens (including phenoxy) is 2. The highest BCUT2D eigenvalue weighted by Crippen LogP contribution is 2.15. The summed E-state index contributed by atoms with van der Waals surface area (Å²) in [6.07, 6.45) is 0. The van der Waals surface area contributed by atoms with Gasteiger partial charge in [0.1, 0.15) is 5.82 Å². The van der Waals surface area contributed by atoms with Crippen molar-refractivity contribution >= 4 is 5.82 Å². The lowest BCUT2D eigenvalue weighted by atomic mass is 10.2. The molecule has 0 aliphatic rings. The molecule has 0 aromatic carbocycles. The maximum absolute atomic E-state index is 5.16. The van der Waals surface area contributed by atoms with Crippen LogP contribution in [0.2, 0.25) is 0 Å². The summed E-state index contributed by atoms with van der Waals surface area (Å²) in [6.45, 7) is 5.86. The molecule has 5 nitrogen and oxygen atoms in total. The van der Waals surface area contributed by atoms with Crippen LogP contribution in [0.25, 0.3) is 0 Å². The van der Waals surface area contributed by atoms with Gasteiger partial charge in [-0.25, -0.2) is 4.98 Å². The van der Waals surface area contributed by atoms with E-state index in [2.05, 4.69) is 27.3 Å². The molecule has 0 spiro atoms. The fraction of sp³-hybridized carbons (Fsp3) is 0.643. The topological polar surface area (TPSA) is 46.6 Å². The van der Waals surface area contributed by atoms with Gasteiger partial charge in [0.15, 0.2) is 0 Å². The van der Waals surface area contributed by atoms with Crippen molar-refractivity contribution in [3.05, 3.63) is 23.4 Å². The van der Waals surface area contributed by atoms with Gasteiger partial charge >= 0.3 is 0 Å². The minimum absolute atomic E-state index is 0.681. The molecule has 0 bridgehead atoms. The molecule has 0 atom stereocenters. The van der Waals surface area contributed by atoms with Gasteiger partial charge in [-0.1, -0.05) is 0 Å². The fourth-order valence-corrected chi connectivity index (χ4v) is 1.93. The highest BCUT2D eigenvalue weighted by molar-refractivity contribution is 5.42. The van der Waals surface area contributed by atoms with Crippen molar-refractivity contribution in [1.29, 1.82) is 0 Å². The summed E-state index contributed by atoms with van der Waals surface area (Å²) >= 11 is 0. The summed E-state index contributed by atoms with van der Waals surface area (Å²) in [5, 5.41) is 3.17. The summed E-state index contributed by atoms with van der Waals surface area (Å²) in [7, 11) is 5.37. The molecule has 1 N–H and O–H groups in total. The number of aromatic nitrogens is 1. The van der Waals surface area contributed by atoms with Gasteiger partial charge in [0.25, 0.3) is 0 Å². The standard InChI is InChI=1S/C14H25N3O2/c1-12-9-13(11-15-2)10-14(16-12)17(5-7-18-3)6-8-19-4/h9-10,15H,5-8,11H2,1-4H3. The van der Waals surface area contributed by atoms with E-state index < -0.39 is 0 Å². The number of nitrogens with zero attached hydrogens (tertiary/aromatic N) is 2. The Morgan fingerprint density at radius 2 is 1.79 bits per heavy atom. The Bertz CT molecular complexity index is 364. The van der Waals surface area contributed by atoms with Crippen LogP contribution >= 0.6 is 0 Å². The van der Waals surface area contributed by atoms with E-state index in [9.17, 15) is 0 Å². The van der Waals surface area contributed by atoms with Gasteiger partial charge in [0.05, 0.1) is 13.2 Å². The van der Waals surface area contributed by atoms with Gasteiger partial charge in [0.2, 0.25) is 0 Å². The number of pyridine rings is 1. The second-order valence-electron chi connectivity index (χ2n) is 4.48. The first-order valence-electron chi connectivity index (χ1n) is 6.56. The predicted octanol–water partition coefficient (Wildman–Crippen LogP) is 1.21. The number of nitrogens with one attached hydrogen (secondary N) is 1. The Hall–Kier alpha value is -1.17. The largest absolute Gasteiger partial charge is 0.383 e. The molecule has 1 heterocycles. The van der Waals surface area contributed by atoms with E-state index in [4.69, 9.17) is 9.47 Å². The van der Waals surface area contributed by atoms with Crippen molar-refractivity contribution < 1.29 is 9.47 Å². The normalized spacial score (nSPS) is 10.7. The van der Waals surface area contributed by atoms with E-state index in [-0.39, 0.29) is 0 Å². The maximum Gasteiger partial charge on any atom is 0.129 e. The Labute approximate surface area is 115 Å². The molecule has 1 aromatic heterocycles. The van der Waals surface area contributed by atoms with Gasteiger partial charge in [-0.2, -0.15) is 0 Å². The molecule has 0 amide bonds. The Kier molecular flexibility index (Phi) is 7.40. The van der Waals surface area contributed by atoms with Crippen LogP contribution in [-0.4, -0.2) is 52.6 Å². The van der Waals surface area contributed by atoms with E-state index >= 15 is 0 Å². The van der Waals surface area contributed by atoms with Crippen LogP contribution in [0.5, 0.6) is 0 Å². The van der Waals surface area contributed by atoms with Crippen molar-refractivity contribution in [2.75, 3.05) is 52.5 Å². The average molecular weight is 267 g/mol. The van der Waals surface area contributed by atoms with Crippen LogP contribution < -0.4 is 10.2 Å². The molecular weight excluding hydrogens is 242 g/mol. The molecule has 0 fully saturated rings. The van der Waals surface area contributed by atoms with E-state index in [1.165, 1.54) is 5.56 Å². The van der Waals surface area contributed by atoms with E-state index in [0.29, 0.717) is 13.2 Å². The highest BCUT2D eigenvalue weighted by atomic mass is 16.5. The second kappa shape index (κ2) is 8.85. The maximum atomic E-state index is 5.16. The van der Waals surface area contributed by atoms with Crippen molar-refractivity contribution in [1.82, 2.24) is 10.3 Å². The quantitative estimate of drug-likeness (QED) is 0.728. The number of anilines is 1. The van der Waals surface area contributed by atoms with E-state index in [1.54, 1.807) is 14.2 Å². The SMILES string of the molecule is CNCc1cc(C)nc(N(CCOC)CCOC)c1. The third-order valence-corrected chi connectivity index (χ3v) is 2.84. The molecule has 0 aliphatic carbocycles. The smallest absolute Gasteiger partial charge is 0.129 e. The molecule has 0 radical (unpaired) electrons. The first kappa shape index (κ1) is 15.9. The molecule has 0 aliphatic heterocycles. The van der Waals surface area contributed by atoms with E-state index in [1.807, 2.05) is 14.0 Å². The molecule has 5 heteroatoms. The van der Waals surface area contributed by atoms with Crippen molar-refractivity contribution in [3.8, 4) is 0 Å². The van der Waals surface area contributed by atoms with Gasteiger partial charge in [-0.05, 0) is 31.7 Å². The zero-order valence-corrected chi connectivity index (χ0v) is 12.4. The lowest BCUT2D eigenvalue weighted by Crippen LogP contribution is -2.31. The number of hydrogen-bond donors (Lipinski definition) is 1. The van der Waals surface area contributed by atoms with Crippen LogP contribution in [-0.2, 0) is 16.0 Å². The van der Waals surface area contributed by atoms with Crippen LogP contribution in [0.3, 0.4) is 0 Å². The minimum Gasteiger partial charge on any atom is -0.383 e. The first-order valence-corrected chi connectivity index (χ1v) is 6.56. The lowest BCUT2D eigenvalue weighted by Gasteiger charge is -2.24. The third-order valence-electron chi connectivity index (χ3n) is 2.84. The van der Waals surface area contributed by atoms with Crippen molar-refractivity contribution in [3.63, 3.8) is 0 Å². The number of aryl methyl sites for hydroxylation is 1. The summed E-state index contributed by atoms with van der Waals surface area (Å²) in [6, 6.07) is 4.22. The molecule has 1 rings (SSSR count). The van der Waals surface area contributed by atoms with Crippen LogP contribution in [0.1, 0.15) is 11.3 Å². The van der Waals surface area contributed by atoms with Crippen LogP contribution in [0, 0.1) is 6.92 Å². The molecule has 108 valence electrons. The summed E-state index contributed by atoms with van der Waals surface area (Å²) in [4.78, 5) is 6.80.